The lowest BCUT2D eigenvalue weighted by atomic mass is 10.1. The lowest BCUT2D eigenvalue weighted by Gasteiger charge is -2.16. The van der Waals surface area contributed by atoms with Crippen LogP contribution in [0.4, 0.5) is 0 Å². The van der Waals surface area contributed by atoms with Gasteiger partial charge in [0.25, 0.3) is 0 Å². The van der Waals surface area contributed by atoms with Crippen LogP contribution in [0, 0.1) is 0 Å². The molecule has 0 aliphatic carbocycles. The summed E-state index contributed by atoms with van der Waals surface area (Å²) in [5.41, 5.74) is 2.43. The summed E-state index contributed by atoms with van der Waals surface area (Å²) < 4.78 is 5.24. The normalized spacial score (nSPS) is 18.2. The van der Waals surface area contributed by atoms with Gasteiger partial charge in [0, 0.05) is 17.5 Å². The summed E-state index contributed by atoms with van der Waals surface area (Å²) in [7, 11) is 1.69. The Hall–Kier alpha value is -1.42. The van der Waals surface area contributed by atoms with Gasteiger partial charge in [0.2, 0.25) is 0 Å². The SMILES string of the molecule is COc1cccc(C2=CSC3=NCCN23)c1. The van der Waals surface area contributed by atoms with Crippen molar-refractivity contribution >= 4 is 22.6 Å². The van der Waals surface area contributed by atoms with E-state index in [0.717, 1.165) is 24.0 Å². The third kappa shape index (κ3) is 1.50. The van der Waals surface area contributed by atoms with Crippen LogP contribution < -0.4 is 4.74 Å². The van der Waals surface area contributed by atoms with Crippen LogP contribution in [0.15, 0.2) is 34.7 Å². The molecular weight excluding hydrogens is 220 g/mol. The smallest absolute Gasteiger partial charge is 0.168 e. The zero-order valence-electron chi connectivity index (χ0n) is 9.01. The van der Waals surface area contributed by atoms with Crippen molar-refractivity contribution in [1.29, 1.82) is 0 Å². The van der Waals surface area contributed by atoms with Crippen molar-refractivity contribution in [2.24, 2.45) is 4.99 Å². The maximum atomic E-state index is 5.24. The summed E-state index contributed by atoms with van der Waals surface area (Å²) in [6, 6.07) is 8.15. The number of ether oxygens (including phenoxy) is 1. The Morgan fingerprint density at radius 3 is 3.25 bits per heavy atom. The second-order valence-corrected chi connectivity index (χ2v) is 4.51. The van der Waals surface area contributed by atoms with Gasteiger partial charge in [-0.1, -0.05) is 23.9 Å². The zero-order chi connectivity index (χ0) is 11.0. The van der Waals surface area contributed by atoms with Gasteiger partial charge in [-0.2, -0.15) is 0 Å². The van der Waals surface area contributed by atoms with Gasteiger partial charge in [0.05, 0.1) is 19.4 Å². The highest BCUT2D eigenvalue weighted by atomic mass is 32.2. The molecule has 0 bridgehead atoms. The molecule has 0 spiro atoms. The summed E-state index contributed by atoms with van der Waals surface area (Å²) in [5, 5.41) is 3.28. The summed E-state index contributed by atoms with van der Waals surface area (Å²) in [4.78, 5) is 6.70. The molecule has 0 saturated heterocycles. The Balaban J connectivity index is 1.95. The minimum absolute atomic E-state index is 0.896. The van der Waals surface area contributed by atoms with Crippen LogP contribution in [-0.4, -0.2) is 30.3 Å². The minimum atomic E-state index is 0.896. The summed E-state index contributed by atoms with van der Waals surface area (Å²) in [6.07, 6.45) is 0. The fourth-order valence-corrected chi connectivity index (χ4v) is 2.89. The Morgan fingerprint density at radius 2 is 2.38 bits per heavy atom. The molecule has 3 rings (SSSR count). The number of nitrogens with zero attached hydrogens (tertiary/aromatic N) is 2. The number of thioether (sulfide) groups is 1. The molecule has 16 heavy (non-hydrogen) atoms. The molecule has 4 heteroatoms. The molecule has 3 nitrogen and oxygen atoms in total. The van der Waals surface area contributed by atoms with Gasteiger partial charge in [-0.25, -0.2) is 0 Å². The fraction of sp³-hybridized carbons (Fsp3) is 0.250. The van der Waals surface area contributed by atoms with Gasteiger partial charge in [0.15, 0.2) is 5.17 Å². The maximum absolute atomic E-state index is 5.24. The first kappa shape index (κ1) is 9.78. The van der Waals surface area contributed by atoms with Crippen molar-refractivity contribution in [3.05, 3.63) is 35.2 Å². The van der Waals surface area contributed by atoms with Crippen molar-refractivity contribution in [3.63, 3.8) is 0 Å². The van der Waals surface area contributed by atoms with Gasteiger partial charge in [-0.15, -0.1) is 0 Å². The first-order chi connectivity index (χ1) is 7.88. The van der Waals surface area contributed by atoms with Gasteiger partial charge < -0.3 is 9.64 Å². The number of amidine groups is 1. The summed E-state index contributed by atoms with van der Waals surface area (Å²) >= 11 is 1.70. The monoisotopic (exact) mass is 232 g/mol. The molecule has 0 atom stereocenters. The van der Waals surface area contributed by atoms with Gasteiger partial charge in [-0.05, 0) is 12.1 Å². The van der Waals surface area contributed by atoms with Crippen LogP contribution in [0.1, 0.15) is 5.56 Å². The quantitative estimate of drug-likeness (QED) is 0.782. The first-order valence-corrected chi connectivity index (χ1v) is 6.10. The average Bonchev–Trinajstić information content (AvgIpc) is 2.90. The molecule has 0 N–H and O–H groups in total. The van der Waals surface area contributed by atoms with E-state index < -0.39 is 0 Å². The van der Waals surface area contributed by atoms with Crippen LogP contribution in [0.2, 0.25) is 0 Å². The number of methoxy groups -OCH3 is 1. The van der Waals surface area contributed by atoms with Gasteiger partial charge in [-0.3, -0.25) is 4.99 Å². The van der Waals surface area contributed by atoms with Crippen molar-refractivity contribution in [2.75, 3.05) is 20.2 Å². The predicted molar refractivity (Wildman–Crippen MR) is 67.6 cm³/mol. The molecule has 1 aromatic rings. The standard InChI is InChI=1S/C12H12N2OS/c1-15-10-4-2-3-9(7-10)11-8-16-12-13-5-6-14(11)12/h2-4,7-8H,5-6H2,1H3. The number of hydrogen-bond acceptors (Lipinski definition) is 4. The van der Waals surface area contributed by atoms with E-state index in [2.05, 4.69) is 27.4 Å². The van der Waals surface area contributed by atoms with E-state index in [9.17, 15) is 0 Å². The molecule has 0 amide bonds. The molecule has 2 aliphatic rings. The van der Waals surface area contributed by atoms with Gasteiger partial charge >= 0.3 is 0 Å². The molecule has 2 heterocycles. The molecule has 0 fully saturated rings. The third-order valence-corrected chi connectivity index (χ3v) is 3.64. The number of hydrogen-bond donors (Lipinski definition) is 0. The van der Waals surface area contributed by atoms with Crippen molar-refractivity contribution < 1.29 is 4.74 Å². The van der Waals surface area contributed by atoms with E-state index in [4.69, 9.17) is 4.74 Å². The number of benzene rings is 1. The topological polar surface area (TPSA) is 24.8 Å². The Labute approximate surface area is 98.8 Å². The third-order valence-electron chi connectivity index (χ3n) is 2.73. The van der Waals surface area contributed by atoms with Crippen LogP contribution in [-0.2, 0) is 0 Å². The second kappa shape index (κ2) is 3.87. The van der Waals surface area contributed by atoms with Crippen LogP contribution >= 0.6 is 11.8 Å². The summed E-state index contributed by atoms with van der Waals surface area (Å²) in [5.74, 6) is 0.896. The average molecular weight is 232 g/mol. The van der Waals surface area contributed by atoms with Crippen molar-refractivity contribution in [2.45, 2.75) is 0 Å². The Morgan fingerprint density at radius 1 is 1.44 bits per heavy atom. The molecule has 82 valence electrons. The molecule has 1 aromatic carbocycles. The molecule has 0 unspecified atom stereocenters. The van der Waals surface area contributed by atoms with Crippen molar-refractivity contribution in [3.8, 4) is 5.75 Å². The lowest BCUT2D eigenvalue weighted by Crippen LogP contribution is -2.19. The van der Waals surface area contributed by atoms with E-state index in [-0.39, 0.29) is 0 Å². The van der Waals surface area contributed by atoms with Crippen LogP contribution in [0.3, 0.4) is 0 Å². The zero-order valence-corrected chi connectivity index (χ0v) is 9.83. The minimum Gasteiger partial charge on any atom is -0.497 e. The number of rotatable bonds is 2. The van der Waals surface area contributed by atoms with E-state index >= 15 is 0 Å². The highest BCUT2D eigenvalue weighted by molar-refractivity contribution is 8.16. The largest absolute Gasteiger partial charge is 0.497 e. The van der Waals surface area contributed by atoms with E-state index in [0.29, 0.717) is 0 Å². The number of aliphatic imine (C=N–C) groups is 1. The Bertz CT molecular complexity index is 482. The van der Waals surface area contributed by atoms with Crippen LogP contribution in [0.25, 0.3) is 5.70 Å². The maximum Gasteiger partial charge on any atom is 0.168 e. The highest BCUT2D eigenvalue weighted by Gasteiger charge is 2.26. The van der Waals surface area contributed by atoms with Crippen LogP contribution in [0.5, 0.6) is 5.75 Å². The second-order valence-electron chi connectivity index (χ2n) is 3.67. The first-order valence-electron chi connectivity index (χ1n) is 5.22. The molecule has 2 aliphatic heterocycles. The van der Waals surface area contributed by atoms with E-state index in [1.807, 2.05) is 12.1 Å². The molecule has 0 radical (unpaired) electrons. The summed E-state index contributed by atoms with van der Waals surface area (Å²) in [6.45, 7) is 1.90. The molecule has 0 saturated carbocycles. The van der Waals surface area contributed by atoms with E-state index in [1.54, 1.807) is 18.9 Å². The highest BCUT2D eigenvalue weighted by Crippen LogP contribution is 2.35. The van der Waals surface area contributed by atoms with Crippen molar-refractivity contribution in [1.82, 2.24) is 4.90 Å². The van der Waals surface area contributed by atoms with E-state index in [1.165, 1.54) is 11.3 Å². The van der Waals surface area contributed by atoms with Gasteiger partial charge in [0.1, 0.15) is 5.75 Å². The lowest BCUT2D eigenvalue weighted by molar-refractivity contribution is 0.414. The Kier molecular flexibility index (Phi) is 2.36. The molecule has 0 aromatic heterocycles. The number of fused-ring (bicyclic) bond motifs is 1. The molecular formula is C12H12N2OS. The fourth-order valence-electron chi connectivity index (χ4n) is 1.93. The predicted octanol–water partition coefficient (Wildman–Crippen LogP) is 2.41.